The van der Waals surface area contributed by atoms with E-state index in [-0.39, 0.29) is 0 Å². The molecule has 0 radical (unpaired) electrons. The number of aryl methyl sites for hydroxylation is 1. The van der Waals surface area contributed by atoms with Crippen LogP contribution in [0.15, 0.2) is 0 Å². The van der Waals surface area contributed by atoms with E-state index in [0.29, 0.717) is 11.8 Å². The second-order valence-electron chi connectivity index (χ2n) is 6.41. The third kappa shape index (κ3) is 4.87. The van der Waals surface area contributed by atoms with Crippen molar-refractivity contribution in [2.45, 2.75) is 77.6 Å². The molecule has 0 fully saturated rings. The first-order chi connectivity index (χ1) is 10.2. The molecule has 118 valence electrons. The van der Waals surface area contributed by atoms with Crippen molar-refractivity contribution in [3.8, 4) is 0 Å². The molecule has 0 saturated carbocycles. The van der Waals surface area contributed by atoms with Gasteiger partial charge < -0.3 is 11.5 Å². The molecule has 4 N–H and O–H groups in total. The number of hydrogen-bond acceptors (Lipinski definition) is 4. The van der Waals surface area contributed by atoms with Gasteiger partial charge in [-0.05, 0) is 25.2 Å². The zero-order valence-electron chi connectivity index (χ0n) is 13.4. The number of nitrogens with two attached hydrogens (primary N) is 2. The Bertz CT molecular complexity index is 445. The molecule has 0 aromatic carbocycles. The summed E-state index contributed by atoms with van der Waals surface area (Å²) in [7, 11) is 0. The third-order valence-corrected chi connectivity index (χ3v) is 4.64. The number of anilines is 2. The number of rotatable bonds is 8. The third-order valence-electron chi connectivity index (χ3n) is 4.64. The summed E-state index contributed by atoms with van der Waals surface area (Å²) in [6, 6.07) is 0. The predicted molar refractivity (Wildman–Crippen MR) is 89.0 cm³/mol. The highest BCUT2D eigenvalue weighted by atomic mass is 15.0. The van der Waals surface area contributed by atoms with Crippen LogP contribution < -0.4 is 11.5 Å². The minimum atomic E-state index is 0.316. The van der Waals surface area contributed by atoms with Crippen LogP contribution in [0.25, 0.3) is 0 Å². The molecule has 1 aromatic rings. The summed E-state index contributed by atoms with van der Waals surface area (Å²) in [5.41, 5.74) is 13.9. The van der Waals surface area contributed by atoms with Gasteiger partial charge in [-0.1, -0.05) is 58.3 Å². The maximum Gasteiger partial charge on any atom is 0.222 e. The second-order valence-corrected chi connectivity index (χ2v) is 6.41. The number of aromatic nitrogens is 2. The summed E-state index contributed by atoms with van der Waals surface area (Å²) in [4.78, 5) is 8.44. The zero-order valence-corrected chi connectivity index (χ0v) is 13.4. The summed E-state index contributed by atoms with van der Waals surface area (Å²) < 4.78 is 0. The molecule has 1 heterocycles. The monoisotopic (exact) mass is 290 g/mol. The van der Waals surface area contributed by atoms with Gasteiger partial charge in [-0.25, -0.2) is 4.98 Å². The van der Waals surface area contributed by atoms with E-state index in [9.17, 15) is 0 Å². The van der Waals surface area contributed by atoms with Crippen molar-refractivity contribution in [3.05, 3.63) is 11.3 Å². The Morgan fingerprint density at radius 1 is 1.00 bits per heavy atom. The van der Waals surface area contributed by atoms with Crippen molar-refractivity contribution in [2.75, 3.05) is 11.5 Å². The molecule has 4 heteroatoms. The van der Waals surface area contributed by atoms with Crippen LogP contribution in [0.4, 0.5) is 11.8 Å². The molecule has 1 atom stereocenters. The molecule has 4 nitrogen and oxygen atoms in total. The highest BCUT2D eigenvalue weighted by Gasteiger charge is 2.22. The standard InChI is InChI=1S/C17H30N4/c1-2-3-4-5-6-7-8-9-13-10-11-15-14(12-13)16(18)21-17(19)20-15/h13H,2-12H2,1H3,(H4,18,19,20,21). The van der Waals surface area contributed by atoms with Crippen LogP contribution in [0.3, 0.4) is 0 Å². The summed E-state index contributed by atoms with van der Waals surface area (Å²) in [6.45, 7) is 2.27. The normalized spacial score (nSPS) is 17.7. The highest BCUT2D eigenvalue weighted by Crippen LogP contribution is 2.31. The molecular formula is C17H30N4. The summed E-state index contributed by atoms with van der Waals surface area (Å²) in [5.74, 6) is 1.67. The SMILES string of the molecule is CCCCCCCCCC1CCc2nc(N)nc(N)c2C1. The van der Waals surface area contributed by atoms with E-state index in [0.717, 1.165) is 30.0 Å². The van der Waals surface area contributed by atoms with Gasteiger partial charge in [-0.15, -0.1) is 0 Å². The summed E-state index contributed by atoms with van der Waals surface area (Å²) in [5, 5.41) is 0. The van der Waals surface area contributed by atoms with Crippen molar-refractivity contribution < 1.29 is 0 Å². The predicted octanol–water partition coefficient (Wildman–Crippen LogP) is 3.89. The Morgan fingerprint density at radius 2 is 1.71 bits per heavy atom. The molecule has 1 aliphatic carbocycles. The Labute approximate surface area is 128 Å². The van der Waals surface area contributed by atoms with Gasteiger partial charge in [-0.2, -0.15) is 4.98 Å². The van der Waals surface area contributed by atoms with Crippen LogP contribution in [-0.2, 0) is 12.8 Å². The second kappa shape index (κ2) is 8.20. The average Bonchev–Trinajstić information content (AvgIpc) is 2.46. The maximum absolute atomic E-state index is 6.00. The lowest BCUT2D eigenvalue weighted by atomic mass is 9.83. The lowest BCUT2D eigenvalue weighted by Gasteiger charge is -2.24. The van der Waals surface area contributed by atoms with Crippen LogP contribution in [0.1, 0.15) is 76.0 Å². The van der Waals surface area contributed by atoms with E-state index in [1.807, 2.05) is 0 Å². The van der Waals surface area contributed by atoms with Gasteiger partial charge in [0.25, 0.3) is 0 Å². The van der Waals surface area contributed by atoms with Crippen LogP contribution in [0.2, 0.25) is 0 Å². The van der Waals surface area contributed by atoms with Gasteiger partial charge in [0.1, 0.15) is 5.82 Å². The minimum absolute atomic E-state index is 0.316. The topological polar surface area (TPSA) is 77.8 Å². The van der Waals surface area contributed by atoms with E-state index >= 15 is 0 Å². The van der Waals surface area contributed by atoms with Gasteiger partial charge in [-0.3, -0.25) is 0 Å². The molecular weight excluding hydrogens is 260 g/mol. The Morgan fingerprint density at radius 3 is 2.48 bits per heavy atom. The number of unbranched alkanes of at least 4 members (excludes halogenated alkanes) is 6. The Kier molecular flexibility index (Phi) is 6.27. The fourth-order valence-electron chi connectivity index (χ4n) is 3.37. The lowest BCUT2D eigenvalue weighted by Crippen LogP contribution is -2.19. The smallest absolute Gasteiger partial charge is 0.222 e. The fourth-order valence-corrected chi connectivity index (χ4v) is 3.37. The fraction of sp³-hybridized carbons (Fsp3) is 0.765. The van der Waals surface area contributed by atoms with Crippen LogP contribution in [0.5, 0.6) is 0 Å². The molecule has 0 saturated heterocycles. The van der Waals surface area contributed by atoms with Crippen LogP contribution in [0, 0.1) is 5.92 Å². The van der Waals surface area contributed by atoms with Crippen molar-refractivity contribution >= 4 is 11.8 Å². The molecule has 0 aliphatic heterocycles. The van der Waals surface area contributed by atoms with Crippen molar-refractivity contribution in [1.29, 1.82) is 0 Å². The molecule has 1 unspecified atom stereocenters. The molecule has 1 aromatic heterocycles. The van der Waals surface area contributed by atoms with E-state index in [1.165, 1.54) is 57.8 Å². The molecule has 0 bridgehead atoms. The summed E-state index contributed by atoms with van der Waals surface area (Å²) >= 11 is 0. The highest BCUT2D eigenvalue weighted by molar-refractivity contribution is 5.47. The van der Waals surface area contributed by atoms with Gasteiger partial charge in [0, 0.05) is 5.56 Å². The largest absolute Gasteiger partial charge is 0.383 e. The molecule has 1 aliphatic rings. The quantitative estimate of drug-likeness (QED) is 0.712. The number of nitrogen functional groups attached to an aromatic ring is 2. The van der Waals surface area contributed by atoms with Crippen molar-refractivity contribution in [3.63, 3.8) is 0 Å². The number of nitrogens with zero attached hydrogens (tertiary/aromatic N) is 2. The van der Waals surface area contributed by atoms with Gasteiger partial charge in [0.2, 0.25) is 5.95 Å². The first-order valence-electron chi connectivity index (χ1n) is 8.61. The van der Waals surface area contributed by atoms with Gasteiger partial charge >= 0.3 is 0 Å². The number of fused-ring (bicyclic) bond motifs is 1. The van der Waals surface area contributed by atoms with Gasteiger partial charge in [0.15, 0.2) is 0 Å². The first-order valence-corrected chi connectivity index (χ1v) is 8.61. The average molecular weight is 290 g/mol. The Balaban J connectivity index is 1.70. The molecule has 2 rings (SSSR count). The van der Waals surface area contributed by atoms with Crippen LogP contribution in [-0.4, -0.2) is 9.97 Å². The molecule has 0 amide bonds. The van der Waals surface area contributed by atoms with Gasteiger partial charge in [0.05, 0.1) is 5.69 Å². The van der Waals surface area contributed by atoms with E-state index in [1.54, 1.807) is 0 Å². The molecule has 0 spiro atoms. The molecule has 21 heavy (non-hydrogen) atoms. The van der Waals surface area contributed by atoms with Crippen molar-refractivity contribution in [2.24, 2.45) is 5.92 Å². The Hall–Kier alpha value is -1.32. The van der Waals surface area contributed by atoms with E-state index in [2.05, 4.69) is 16.9 Å². The van der Waals surface area contributed by atoms with E-state index < -0.39 is 0 Å². The van der Waals surface area contributed by atoms with E-state index in [4.69, 9.17) is 11.5 Å². The maximum atomic E-state index is 6.00. The first kappa shape index (κ1) is 16.1. The lowest BCUT2D eigenvalue weighted by molar-refractivity contribution is 0.400. The summed E-state index contributed by atoms with van der Waals surface area (Å²) in [6.07, 6.45) is 14.2. The van der Waals surface area contributed by atoms with Crippen LogP contribution >= 0.6 is 0 Å². The zero-order chi connectivity index (χ0) is 15.1. The van der Waals surface area contributed by atoms with Crippen molar-refractivity contribution in [1.82, 2.24) is 9.97 Å². The minimum Gasteiger partial charge on any atom is -0.383 e. The number of hydrogen-bond donors (Lipinski definition) is 2.